The first-order valence-electron chi connectivity index (χ1n) is 7.64. The van der Waals surface area contributed by atoms with Gasteiger partial charge < -0.3 is 4.90 Å². The Balaban J connectivity index is 1.89. The zero-order valence-corrected chi connectivity index (χ0v) is 12.2. The second kappa shape index (κ2) is 6.02. The smallest absolute Gasteiger partial charge is 0.234 e. The minimum Gasteiger partial charge on any atom is -0.371 e. The van der Waals surface area contributed by atoms with E-state index in [1.165, 1.54) is 12.1 Å². The third-order valence-corrected chi connectivity index (χ3v) is 4.37. The Hall–Kier alpha value is -1.98. The molecule has 0 bridgehead atoms. The lowest BCUT2D eigenvalue weighted by Gasteiger charge is -2.30. The predicted octanol–water partition coefficient (Wildman–Crippen LogP) is 2.48. The standard InChI is InChI=1S/C16H18F2N2O2/c17-12-8-10(20-6-2-1-3-7-20)9-13(18)15(12)11-4-5-14(21)19-16(11)22/h8-9,11H,1-7H2,(H,19,21,22)/t11-/m1/s1. The fourth-order valence-electron chi connectivity index (χ4n) is 3.21. The van der Waals surface area contributed by atoms with Crippen LogP contribution in [0.2, 0.25) is 0 Å². The summed E-state index contributed by atoms with van der Waals surface area (Å²) in [6, 6.07) is 2.60. The number of halogens is 2. The first-order chi connectivity index (χ1) is 10.6. The molecule has 2 fully saturated rings. The quantitative estimate of drug-likeness (QED) is 0.854. The maximum Gasteiger partial charge on any atom is 0.234 e. The molecule has 0 unspecified atom stereocenters. The Kier molecular flexibility index (Phi) is 4.09. The van der Waals surface area contributed by atoms with E-state index in [9.17, 15) is 18.4 Å². The van der Waals surface area contributed by atoms with E-state index in [1.54, 1.807) is 0 Å². The Labute approximate surface area is 127 Å². The van der Waals surface area contributed by atoms with Crippen LogP contribution >= 0.6 is 0 Å². The van der Waals surface area contributed by atoms with Crippen molar-refractivity contribution in [3.05, 3.63) is 29.3 Å². The summed E-state index contributed by atoms with van der Waals surface area (Å²) < 4.78 is 28.8. The number of carbonyl (C=O) groups is 2. The van der Waals surface area contributed by atoms with E-state index in [-0.39, 0.29) is 18.4 Å². The van der Waals surface area contributed by atoms with Gasteiger partial charge in [0.1, 0.15) is 11.6 Å². The van der Waals surface area contributed by atoms with Crippen LogP contribution in [0.15, 0.2) is 12.1 Å². The van der Waals surface area contributed by atoms with E-state index in [1.807, 2.05) is 4.90 Å². The molecular weight excluding hydrogens is 290 g/mol. The molecule has 1 aromatic rings. The second-order valence-corrected chi connectivity index (χ2v) is 5.87. The van der Waals surface area contributed by atoms with Crippen LogP contribution in [0.3, 0.4) is 0 Å². The minimum absolute atomic E-state index is 0.100. The van der Waals surface area contributed by atoms with Gasteiger partial charge in [-0.05, 0) is 37.8 Å². The van der Waals surface area contributed by atoms with E-state index in [2.05, 4.69) is 5.32 Å². The fourth-order valence-corrected chi connectivity index (χ4v) is 3.21. The monoisotopic (exact) mass is 308 g/mol. The highest BCUT2D eigenvalue weighted by molar-refractivity contribution is 6.01. The predicted molar refractivity (Wildman–Crippen MR) is 77.5 cm³/mol. The summed E-state index contributed by atoms with van der Waals surface area (Å²) >= 11 is 0. The second-order valence-electron chi connectivity index (χ2n) is 5.87. The molecule has 1 atom stereocenters. The highest BCUT2D eigenvalue weighted by Gasteiger charge is 2.32. The van der Waals surface area contributed by atoms with Crippen molar-refractivity contribution in [3.63, 3.8) is 0 Å². The van der Waals surface area contributed by atoms with Crippen LogP contribution in [0.4, 0.5) is 14.5 Å². The van der Waals surface area contributed by atoms with E-state index >= 15 is 0 Å². The minimum atomic E-state index is -0.937. The molecule has 6 heteroatoms. The van der Waals surface area contributed by atoms with E-state index < -0.39 is 29.4 Å². The molecule has 4 nitrogen and oxygen atoms in total. The number of imide groups is 1. The summed E-state index contributed by atoms with van der Waals surface area (Å²) in [6.45, 7) is 1.58. The van der Waals surface area contributed by atoms with E-state index in [0.29, 0.717) is 5.69 Å². The van der Waals surface area contributed by atoms with Crippen LogP contribution in [0, 0.1) is 11.6 Å². The van der Waals surface area contributed by atoms with Gasteiger partial charge in [0.2, 0.25) is 11.8 Å². The molecule has 118 valence electrons. The van der Waals surface area contributed by atoms with Gasteiger partial charge in [0, 0.05) is 30.8 Å². The van der Waals surface area contributed by atoms with E-state index in [0.717, 1.165) is 32.4 Å². The summed E-state index contributed by atoms with van der Waals surface area (Å²) in [5.41, 5.74) is 0.288. The van der Waals surface area contributed by atoms with Gasteiger partial charge in [0.05, 0.1) is 5.92 Å². The molecule has 0 aliphatic carbocycles. The van der Waals surface area contributed by atoms with Crippen LogP contribution < -0.4 is 10.2 Å². The van der Waals surface area contributed by atoms with Gasteiger partial charge in [-0.1, -0.05) is 0 Å². The van der Waals surface area contributed by atoms with Crippen molar-refractivity contribution >= 4 is 17.5 Å². The van der Waals surface area contributed by atoms with Gasteiger partial charge in [-0.15, -0.1) is 0 Å². The number of rotatable bonds is 2. The number of nitrogens with zero attached hydrogens (tertiary/aromatic N) is 1. The van der Waals surface area contributed by atoms with Crippen molar-refractivity contribution in [3.8, 4) is 0 Å². The number of amides is 2. The Morgan fingerprint density at radius 3 is 2.27 bits per heavy atom. The summed E-state index contributed by atoms with van der Waals surface area (Å²) in [6.07, 6.45) is 3.40. The largest absolute Gasteiger partial charge is 0.371 e. The third-order valence-electron chi connectivity index (χ3n) is 4.37. The molecule has 3 rings (SSSR count). The van der Waals surface area contributed by atoms with Crippen molar-refractivity contribution in [2.45, 2.75) is 38.0 Å². The Bertz CT molecular complexity index is 589. The zero-order chi connectivity index (χ0) is 15.7. The lowest BCUT2D eigenvalue weighted by molar-refractivity contribution is -0.134. The SMILES string of the molecule is O=C1CC[C@H](c2c(F)cc(N3CCCCC3)cc2F)C(=O)N1. The van der Waals surface area contributed by atoms with Crippen LogP contribution in [0.25, 0.3) is 0 Å². The maximum atomic E-state index is 14.4. The molecular formula is C16H18F2N2O2. The molecule has 1 N–H and O–H groups in total. The molecule has 2 aliphatic heterocycles. The zero-order valence-electron chi connectivity index (χ0n) is 12.2. The first-order valence-corrected chi connectivity index (χ1v) is 7.64. The molecule has 0 saturated carbocycles. The number of nitrogens with one attached hydrogen (secondary N) is 1. The maximum absolute atomic E-state index is 14.4. The first kappa shape index (κ1) is 14.9. The highest BCUT2D eigenvalue weighted by Crippen LogP contribution is 2.32. The van der Waals surface area contributed by atoms with Crippen molar-refractivity contribution in [1.82, 2.24) is 5.32 Å². The number of hydrogen-bond donors (Lipinski definition) is 1. The number of benzene rings is 1. The topological polar surface area (TPSA) is 49.4 Å². The lowest BCUT2D eigenvalue weighted by Crippen LogP contribution is -2.40. The summed E-state index contributed by atoms with van der Waals surface area (Å²) in [5.74, 6) is -3.38. The van der Waals surface area contributed by atoms with Gasteiger partial charge in [0.15, 0.2) is 0 Å². The van der Waals surface area contributed by atoms with Gasteiger partial charge in [-0.3, -0.25) is 14.9 Å². The summed E-state index contributed by atoms with van der Waals surface area (Å²) in [4.78, 5) is 24.9. The molecule has 2 heterocycles. The fraction of sp³-hybridized carbons (Fsp3) is 0.500. The van der Waals surface area contributed by atoms with Crippen LogP contribution in [0.1, 0.15) is 43.6 Å². The van der Waals surface area contributed by atoms with Gasteiger partial charge in [-0.25, -0.2) is 8.78 Å². The number of carbonyl (C=O) groups excluding carboxylic acids is 2. The van der Waals surface area contributed by atoms with Crippen LogP contribution in [0.5, 0.6) is 0 Å². The van der Waals surface area contributed by atoms with E-state index in [4.69, 9.17) is 0 Å². The molecule has 0 spiro atoms. The van der Waals surface area contributed by atoms with Crippen molar-refractivity contribution in [2.75, 3.05) is 18.0 Å². The lowest BCUT2D eigenvalue weighted by atomic mass is 9.89. The van der Waals surface area contributed by atoms with Crippen molar-refractivity contribution in [2.24, 2.45) is 0 Å². The molecule has 1 aromatic carbocycles. The summed E-state index contributed by atoms with van der Waals surface area (Å²) in [7, 11) is 0. The van der Waals surface area contributed by atoms with Gasteiger partial charge >= 0.3 is 0 Å². The molecule has 0 aromatic heterocycles. The van der Waals surface area contributed by atoms with Crippen LogP contribution in [-0.2, 0) is 9.59 Å². The van der Waals surface area contributed by atoms with Crippen LogP contribution in [-0.4, -0.2) is 24.9 Å². The molecule has 2 saturated heterocycles. The molecule has 22 heavy (non-hydrogen) atoms. The Morgan fingerprint density at radius 1 is 1.05 bits per heavy atom. The highest BCUT2D eigenvalue weighted by atomic mass is 19.1. The van der Waals surface area contributed by atoms with Crippen molar-refractivity contribution < 1.29 is 18.4 Å². The molecule has 0 radical (unpaired) electrons. The normalized spacial score (nSPS) is 22.6. The number of anilines is 1. The average Bonchev–Trinajstić information content (AvgIpc) is 2.49. The number of piperidine rings is 2. The van der Waals surface area contributed by atoms with Gasteiger partial charge in [-0.2, -0.15) is 0 Å². The molecule has 2 aliphatic rings. The van der Waals surface area contributed by atoms with Gasteiger partial charge in [0.25, 0.3) is 0 Å². The number of hydrogen-bond acceptors (Lipinski definition) is 3. The summed E-state index contributed by atoms with van der Waals surface area (Å²) in [5, 5.41) is 2.14. The third kappa shape index (κ3) is 2.82. The van der Waals surface area contributed by atoms with Crippen molar-refractivity contribution in [1.29, 1.82) is 0 Å². The Morgan fingerprint density at radius 2 is 1.68 bits per heavy atom. The average molecular weight is 308 g/mol. The molecule has 2 amide bonds.